The normalized spacial score (nSPS) is 20.8. The molecule has 0 spiro atoms. The van der Waals surface area contributed by atoms with Crippen LogP contribution in [-0.2, 0) is 14.3 Å². The van der Waals surface area contributed by atoms with Crippen LogP contribution in [0, 0.1) is 0 Å². The number of rotatable bonds is 3. The minimum absolute atomic E-state index is 0.257. The van der Waals surface area contributed by atoms with Gasteiger partial charge in [-0.3, -0.25) is 4.90 Å². The van der Waals surface area contributed by atoms with E-state index in [1.807, 2.05) is 18.2 Å². The quantitative estimate of drug-likeness (QED) is 0.758. The summed E-state index contributed by atoms with van der Waals surface area (Å²) in [5.41, 5.74) is 0.248. The summed E-state index contributed by atoms with van der Waals surface area (Å²) in [6.45, 7) is 7.43. The molecule has 1 aliphatic heterocycles. The SMILES string of the molecule is CCOC(=O)[C@H]1CC[C@@H](c2cccc(Cl)c2)N1C(=O)OC(C)(C)C. The average molecular weight is 354 g/mol. The van der Waals surface area contributed by atoms with Gasteiger partial charge in [-0.05, 0) is 58.2 Å². The Morgan fingerprint density at radius 2 is 2.00 bits per heavy atom. The van der Waals surface area contributed by atoms with E-state index in [0.717, 1.165) is 5.56 Å². The van der Waals surface area contributed by atoms with Crippen molar-refractivity contribution in [2.24, 2.45) is 0 Å². The summed E-state index contributed by atoms with van der Waals surface area (Å²) < 4.78 is 10.6. The molecule has 0 unspecified atom stereocenters. The molecule has 0 saturated carbocycles. The molecule has 132 valence electrons. The molecule has 24 heavy (non-hydrogen) atoms. The Morgan fingerprint density at radius 1 is 1.29 bits per heavy atom. The highest BCUT2D eigenvalue weighted by Crippen LogP contribution is 2.38. The van der Waals surface area contributed by atoms with Crippen LogP contribution in [0.4, 0.5) is 4.79 Å². The fraction of sp³-hybridized carbons (Fsp3) is 0.556. The van der Waals surface area contributed by atoms with Gasteiger partial charge in [0.1, 0.15) is 11.6 Å². The Bertz CT molecular complexity index is 611. The second-order valence-electron chi connectivity index (χ2n) is 6.80. The third-order valence-corrected chi connectivity index (χ3v) is 4.02. The molecule has 2 atom stereocenters. The molecule has 0 aliphatic carbocycles. The van der Waals surface area contributed by atoms with Gasteiger partial charge in [0, 0.05) is 5.02 Å². The maximum Gasteiger partial charge on any atom is 0.411 e. The number of likely N-dealkylation sites (tertiary alicyclic amines) is 1. The molecule has 0 aromatic heterocycles. The van der Waals surface area contributed by atoms with Gasteiger partial charge < -0.3 is 9.47 Å². The van der Waals surface area contributed by atoms with Crippen LogP contribution in [-0.4, -0.2) is 35.2 Å². The number of amides is 1. The van der Waals surface area contributed by atoms with Crippen molar-refractivity contribution in [2.75, 3.05) is 6.61 Å². The fourth-order valence-corrected chi connectivity index (χ4v) is 3.09. The summed E-state index contributed by atoms with van der Waals surface area (Å²) >= 11 is 6.08. The van der Waals surface area contributed by atoms with Crippen LogP contribution in [0.5, 0.6) is 0 Å². The smallest absolute Gasteiger partial charge is 0.411 e. The van der Waals surface area contributed by atoms with Crippen molar-refractivity contribution in [1.29, 1.82) is 0 Å². The molecule has 5 nitrogen and oxygen atoms in total. The lowest BCUT2D eigenvalue weighted by atomic mass is 10.0. The first kappa shape index (κ1) is 18.6. The van der Waals surface area contributed by atoms with E-state index >= 15 is 0 Å². The third kappa shape index (κ3) is 4.41. The van der Waals surface area contributed by atoms with Crippen LogP contribution in [0.2, 0.25) is 5.02 Å². The molecule has 0 N–H and O–H groups in total. The van der Waals surface area contributed by atoms with Crippen molar-refractivity contribution in [3.05, 3.63) is 34.9 Å². The molecule has 1 aliphatic rings. The van der Waals surface area contributed by atoms with Gasteiger partial charge in [0.15, 0.2) is 0 Å². The van der Waals surface area contributed by atoms with E-state index in [-0.39, 0.29) is 12.6 Å². The van der Waals surface area contributed by atoms with E-state index in [1.165, 1.54) is 4.90 Å². The number of carbonyl (C=O) groups excluding carboxylic acids is 2. The van der Waals surface area contributed by atoms with Crippen molar-refractivity contribution in [2.45, 2.75) is 58.2 Å². The molecule has 1 aromatic carbocycles. The first-order valence-corrected chi connectivity index (χ1v) is 8.54. The first-order valence-electron chi connectivity index (χ1n) is 8.16. The summed E-state index contributed by atoms with van der Waals surface area (Å²) in [4.78, 5) is 26.5. The van der Waals surface area contributed by atoms with E-state index < -0.39 is 23.7 Å². The second-order valence-corrected chi connectivity index (χ2v) is 7.24. The maximum atomic E-state index is 12.7. The lowest BCUT2D eigenvalue weighted by molar-refractivity contribution is -0.148. The molecular formula is C18H24ClNO4. The molecule has 0 bridgehead atoms. The molecule has 1 fully saturated rings. The van der Waals surface area contributed by atoms with Crippen LogP contribution in [0.15, 0.2) is 24.3 Å². The number of ether oxygens (including phenoxy) is 2. The molecular weight excluding hydrogens is 330 g/mol. The Balaban J connectivity index is 2.32. The molecule has 6 heteroatoms. The third-order valence-electron chi connectivity index (χ3n) is 3.78. The van der Waals surface area contributed by atoms with Gasteiger partial charge in [-0.15, -0.1) is 0 Å². The van der Waals surface area contributed by atoms with Crippen molar-refractivity contribution >= 4 is 23.7 Å². The van der Waals surface area contributed by atoms with Gasteiger partial charge in [0.25, 0.3) is 0 Å². The molecule has 1 heterocycles. The largest absolute Gasteiger partial charge is 0.464 e. The number of nitrogens with zero attached hydrogens (tertiary/aromatic N) is 1. The summed E-state index contributed by atoms with van der Waals surface area (Å²) in [6.07, 6.45) is 0.682. The molecule has 0 radical (unpaired) electrons. The lowest BCUT2D eigenvalue weighted by Gasteiger charge is -2.32. The average Bonchev–Trinajstić information content (AvgIpc) is 2.90. The maximum absolute atomic E-state index is 12.7. The number of hydrogen-bond donors (Lipinski definition) is 0. The van der Waals surface area contributed by atoms with Crippen molar-refractivity contribution < 1.29 is 19.1 Å². The Hall–Kier alpha value is -1.75. The Morgan fingerprint density at radius 3 is 2.58 bits per heavy atom. The number of halogens is 1. The summed E-state index contributed by atoms with van der Waals surface area (Å²) in [5, 5.41) is 0.594. The zero-order valence-electron chi connectivity index (χ0n) is 14.5. The first-order chi connectivity index (χ1) is 11.2. The topological polar surface area (TPSA) is 55.8 Å². The number of benzene rings is 1. The van der Waals surface area contributed by atoms with Crippen molar-refractivity contribution in [3.63, 3.8) is 0 Å². The predicted molar refractivity (Wildman–Crippen MR) is 91.9 cm³/mol. The minimum Gasteiger partial charge on any atom is -0.464 e. The summed E-state index contributed by atoms with van der Waals surface area (Å²) in [7, 11) is 0. The van der Waals surface area contributed by atoms with Gasteiger partial charge in [-0.25, -0.2) is 9.59 Å². The Labute approximate surface area is 147 Å². The van der Waals surface area contributed by atoms with Crippen LogP contribution in [0.25, 0.3) is 0 Å². The van der Waals surface area contributed by atoms with E-state index in [9.17, 15) is 9.59 Å². The standard InChI is InChI=1S/C18H24ClNO4/c1-5-23-16(21)15-10-9-14(12-7-6-8-13(19)11-12)20(15)17(22)24-18(2,3)4/h6-8,11,14-15H,5,9-10H2,1-4H3/t14-,15+/m0/s1. The van der Waals surface area contributed by atoms with E-state index in [1.54, 1.807) is 33.8 Å². The predicted octanol–water partition coefficient (Wildman–Crippen LogP) is 4.34. The number of carbonyl (C=O) groups is 2. The molecule has 2 rings (SSSR count). The Kier molecular flexibility index (Phi) is 5.75. The van der Waals surface area contributed by atoms with Crippen LogP contribution < -0.4 is 0 Å². The van der Waals surface area contributed by atoms with Gasteiger partial charge in [0.05, 0.1) is 12.6 Å². The zero-order chi connectivity index (χ0) is 17.9. The van der Waals surface area contributed by atoms with Crippen molar-refractivity contribution in [1.82, 2.24) is 4.90 Å². The fourth-order valence-electron chi connectivity index (χ4n) is 2.89. The highest BCUT2D eigenvalue weighted by atomic mass is 35.5. The van der Waals surface area contributed by atoms with Gasteiger partial charge in [0.2, 0.25) is 0 Å². The highest BCUT2D eigenvalue weighted by molar-refractivity contribution is 6.30. The number of hydrogen-bond acceptors (Lipinski definition) is 4. The minimum atomic E-state index is -0.641. The van der Waals surface area contributed by atoms with Crippen LogP contribution >= 0.6 is 11.6 Å². The van der Waals surface area contributed by atoms with Crippen LogP contribution in [0.1, 0.15) is 52.1 Å². The molecule has 1 saturated heterocycles. The van der Waals surface area contributed by atoms with Gasteiger partial charge in [-0.1, -0.05) is 23.7 Å². The summed E-state index contributed by atoms with van der Waals surface area (Å²) in [6, 6.07) is 6.44. The van der Waals surface area contributed by atoms with E-state index in [0.29, 0.717) is 17.9 Å². The van der Waals surface area contributed by atoms with E-state index in [4.69, 9.17) is 21.1 Å². The second kappa shape index (κ2) is 7.43. The van der Waals surface area contributed by atoms with Gasteiger partial charge >= 0.3 is 12.1 Å². The van der Waals surface area contributed by atoms with Crippen LogP contribution in [0.3, 0.4) is 0 Å². The molecule has 1 aromatic rings. The zero-order valence-corrected chi connectivity index (χ0v) is 15.3. The van der Waals surface area contributed by atoms with Gasteiger partial charge in [-0.2, -0.15) is 0 Å². The lowest BCUT2D eigenvalue weighted by Crippen LogP contribution is -2.45. The number of esters is 1. The van der Waals surface area contributed by atoms with Crippen molar-refractivity contribution in [3.8, 4) is 0 Å². The van der Waals surface area contributed by atoms with E-state index in [2.05, 4.69) is 0 Å². The molecule has 1 amide bonds. The summed E-state index contributed by atoms with van der Waals surface area (Å²) in [5.74, 6) is -0.395. The highest BCUT2D eigenvalue weighted by Gasteiger charge is 2.44. The monoisotopic (exact) mass is 353 g/mol.